The van der Waals surface area contributed by atoms with Crippen molar-refractivity contribution in [2.24, 2.45) is 0 Å². The fourth-order valence-electron chi connectivity index (χ4n) is 3.66. The van der Waals surface area contributed by atoms with Crippen LogP contribution in [0.3, 0.4) is 0 Å². The predicted molar refractivity (Wildman–Crippen MR) is 115 cm³/mol. The van der Waals surface area contributed by atoms with Crippen LogP contribution in [0.2, 0.25) is 6.32 Å². The number of hydrogen-bond donors (Lipinski definition) is 5. The molecule has 172 valence electrons. The van der Waals surface area contributed by atoms with Gasteiger partial charge in [-0.25, -0.2) is 9.78 Å². The number of rotatable bonds is 9. The zero-order chi connectivity index (χ0) is 23.6. The SMILES string of the molecule is Cc1ncc(C(C(=O)N2CC(Oc3ccc(CCB(O)O)c(O)c3C(=O)O)C2)N(C)C)[nH]1. The standard InChI is InChI=1S/C20H27BN4O7/c1-11-22-8-14(23-11)17(24(2)3)19(27)25-9-13(10-25)32-15-5-4-12(6-7-21(30)31)18(26)16(15)20(28)29/h4-5,8,13,17,26,30-31H,6-7,9-10H2,1-3H3,(H,22,23)(H,28,29). The lowest BCUT2D eigenvalue weighted by Gasteiger charge is -2.41. The quantitative estimate of drug-likeness (QED) is 0.335. The van der Waals surface area contributed by atoms with Crippen molar-refractivity contribution in [3.8, 4) is 11.5 Å². The molecule has 32 heavy (non-hydrogen) atoms. The third kappa shape index (κ3) is 5.04. The molecule has 0 bridgehead atoms. The van der Waals surface area contributed by atoms with Gasteiger partial charge in [0.25, 0.3) is 0 Å². The van der Waals surface area contributed by atoms with E-state index in [2.05, 4.69) is 9.97 Å². The van der Waals surface area contributed by atoms with Crippen LogP contribution in [0.25, 0.3) is 0 Å². The summed E-state index contributed by atoms with van der Waals surface area (Å²) in [5, 5.41) is 37.9. The minimum atomic E-state index is -1.56. The predicted octanol–water partition coefficient (Wildman–Crippen LogP) is 0.0297. The number of carboxylic acid groups (broad SMARTS) is 1. The smallest absolute Gasteiger partial charge is 0.451 e. The van der Waals surface area contributed by atoms with Crippen LogP contribution in [0, 0.1) is 6.92 Å². The summed E-state index contributed by atoms with van der Waals surface area (Å²) in [6.07, 6.45) is 1.25. The highest BCUT2D eigenvalue weighted by Gasteiger charge is 2.38. The lowest BCUT2D eigenvalue weighted by atomic mass is 9.82. The summed E-state index contributed by atoms with van der Waals surface area (Å²) in [5.41, 5.74) is 0.569. The van der Waals surface area contributed by atoms with E-state index in [0.29, 0.717) is 11.5 Å². The van der Waals surface area contributed by atoms with Crippen molar-refractivity contribution < 1.29 is 34.6 Å². The first kappa shape index (κ1) is 23.6. The number of benzene rings is 1. The monoisotopic (exact) mass is 446 g/mol. The first-order valence-electron chi connectivity index (χ1n) is 10.2. The molecule has 1 aliphatic heterocycles. The highest BCUT2D eigenvalue weighted by Crippen LogP contribution is 2.34. The van der Waals surface area contributed by atoms with Crippen molar-refractivity contribution in [1.82, 2.24) is 19.8 Å². The molecule has 1 aromatic carbocycles. The summed E-state index contributed by atoms with van der Waals surface area (Å²) in [5.74, 6) is -1.25. The van der Waals surface area contributed by atoms with E-state index in [1.165, 1.54) is 12.1 Å². The maximum absolute atomic E-state index is 13.0. The van der Waals surface area contributed by atoms with Crippen LogP contribution in [0.5, 0.6) is 11.5 Å². The Morgan fingerprint density at radius 2 is 2.03 bits per heavy atom. The molecule has 11 nitrogen and oxygen atoms in total. The summed E-state index contributed by atoms with van der Waals surface area (Å²) < 4.78 is 5.77. The third-order valence-electron chi connectivity index (χ3n) is 5.33. The Kier molecular flexibility index (Phi) is 7.07. The Morgan fingerprint density at radius 1 is 1.34 bits per heavy atom. The van der Waals surface area contributed by atoms with Crippen LogP contribution in [0.4, 0.5) is 0 Å². The van der Waals surface area contributed by atoms with Gasteiger partial charge in [0.05, 0.1) is 25.0 Å². The van der Waals surface area contributed by atoms with E-state index in [-0.39, 0.29) is 48.6 Å². The van der Waals surface area contributed by atoms with E-state index in [9.17, 15) is 19.8 Å². The van der Waals surface area contributed by atoms with Gasteiger partial charge in [0.15, 0.2) is 0 Å². The Hall–Kier alpha value is -3.09. The van der Waals surface area contributed by atoms with Crippen LogP contribution in [-0.2, 0) is 11.2 Å². The average molecular weight is 446 g/mol. The van der Waals surface area contributed by atoms with Crippen LogP contribution in [-0.4, -0.2) is 92.3 Å². The normalized spacial score (nSPS) is 14.9. The van der Waals surface area contributed by atoms with E-state index < -0.39 is 31.0 Å². The Morgan fingerprint density at radius 3 is 2.56 bits per heavy atom. The molecule has 5 N–H and O–H groups in total. The zero-order valence-corrected chi connectivity index (χ0v) is 18.1. The fraction of sp³-hybridized carbons (Fsp3) is 0.450. The van der Waals surface area contributed by atoms with Gasteiger partial charge in [0.1, 0.15) is 35.0 Å². The number of aromatic carboxylic acids is 1. The Balaban J connectivity index is 1.68. The maximum atomic E-state index is 13.0. The van der Waals surface area contributed by atoms with Gasteiger partial charge in [0, 0.05) is 0 Å². The van der Waals surface area contributed by atoms with Gasteiger partial charge >= 0.3 is 13.1 Å². The molecule has 1 unspecified atom stereocenters. The van der Waals surface area contributed by atoms with Crippen LogP contribution < -0.4 is 4.74 Å². The van der Waals surface area contributed by atoms with Crippen molar-refractivity contribution in [3.63, 3.8) is 0 Å². The Labute approximate surface area is 185 Å². The number of carboxylic acids is 1. The molecule has 3 rings (SSSR count). The topological polar surface area (TPSA) is 159 Å². The van der Waals surface area contributed by atoms with E-state index >= 15 is 0 Å². The molecular weight excluding hydrogens is 419 g/mol. The molecule has 1 saturated heterocycles. The second-order valence-electron chi connectivity index (χ2n) is 8.04. The second kappa shape index (κ2) is 9.59. The minimum Gasteiger partial charge on any atom is -0.507 e. The van der Waals surface area contributed by atoms with Crippen LogP contribution >= 0.6 is 0 Å². The lowest BCUT2D eigenvalue weighted by molar-refractivity contribution is -0.145. The van der Waals surface area contributed by atoms with Gasteiger partial charge in [-0.3, -0.25) is 9.69 Å². The molecule has 0 radical (unpaired) electrons. The third-order valence-corrected chi connectivity index (χ3v) is 5.33. The number of phenols is 1. The molecule has 12 heteroatoms. The van der Waals surface area contributed by atoms with Crippen LogP contribution in [0.15, 0.2) is 18.3 Å². The molecule has 0 spiro atoms. The summed E-state index contributed by atoms with van der Waals surface area (Å²) in [6, 6.07) is 2.39. The van der Waals surface area contributed by atoms with Gasteiger partial charge in [-0.05, 0) is 45.4 Å². The Bertz CT molecular complexity index is 988. The zero-order valence-electron chi connectivity index (χ0n) is 18.1. The molecule has 1 fully saturated rings. The number of aromatic hydroxyl groups is 1. The summed E-state index contributed by atoms with van der Waals surface area (Å²) >= 11 is 0. The number of carbonyl (C=O) groups is 2. The molecule has 1 amide bonds. The number of hydrogen-bond acceptors (Lipinski definition) is 8. The first-order valence-corrected chi connectivity index (χ1v) is 10.2. The van der Waals surface area contributed by atoms with Gasteiger partial charge in [0.2, 0.25) is 5.91 Å². The number of aromatic amines is 1. The molecule has 0 saturated carbocycles. The van der Waals surface area contributed by atoms with Crippen molar-refractivity contribution in [3.05, 3.63) is 41.0 Å². The van der Waals surface area contributed by atoms with Gasteiger partial charge in [-0.1, -0.05) is 6.07 Å². The summed E-state index contributed by atoms with van der Waals surface area (Å²) in [4.78, 5) is 35.3. The second-order valence-corrected chi connectivity index (χ2v) is 8.04. The number of likely N-dealkylation sites (N-methyl/N-ethyl adjacent to an activating group) is 1. The number of ether oxygens (including phenoxy) is 1. The largest absolute Gasteiger partial charge is 0.507 e. The number of amides is 1. The number of aromatic nitrogens is 2. The maximum Gasteiger partial charge on any atom is 0.451 e. The molecule has 2 heterocycles. The number of imidazole rings is 1. The lowest BCUT2D eigenvalue weighted by Crippen LogP contribution is -2.58. The highest BCUT2D eigenvalue weighted by molar-refractivity contribution is 6.41. The highest BCUT2D eigenvalue weighted by atomic mass is 16.5. The van der Waals surface area contributed by atoms with E-state index in [0.717, 1.165) is 0 Å². The van der Waals surface area contributed by atoms with Crippen molar-refractivity contribution in [2.45, 2.75) is 31.8 Å². The number of carbonyl (C=O) groups excluding carboxylic acids is 1. The summed E-state index contributed by atoms with van der Waals surface area (Å²) in [6.45, 7) is 2.35. The van der Waals surface area contributed by atoms with Crippen LogP contribution in [0.1, 0.15) is 33.5 Å². The van der Waals surface area contributed by atoms with E-state index in [1.54, 1.807) is 37.0 Å². The average Bonchev–Trinajstić information content (AvgIpc) is 3.08. The van der Waals surface area contributed by atoms with Gasteiger partial charge in [-0.15, -0.1) is 0 Å². The fourth-order valence-corrected chi connectivity index (χ4v) is 3.66. The molecule has 1 atom stereocenters. The molecule has 1 aliphatic rings. The number of H-pyrrole nitrogens is 1. The molecular formula is C20H27BN4O7. The molecule has 2 aromatic rings. The van der Waals surface area contributed by atoms with Gasteiger partial charge in [-0.2, -0.15) is 0 Å². The first-order chi connectivity index (χ1) is 15.1. The number of likely N-dealkylation sites (tertiary alicyclic amines) is 1. The van der Waals surface area contributed by atoms with Crippen molar-refractivity contribution >= 4 is 19.0 Å². The molecule has 1 aromatic heterocycles. The minimum absolute atomic E-state index is 0.00579. The van der Waals surface area contributed by atoms with Crippen molar-refractivity contribution in [2.75, 3.05) is 27.2 Å². The van der Waals surface area contributed by atoms with Crippen molar-refractivity contribution in [1.29, 1.82) is 0 Å². The van der Waals surface area contributed by atoms with E-state index in [4.69, 9.17) is 14.8 Å². The van der Waals surface area contributed by atoms with E-state index in [1.807, 2.05) is 0 Å². The number of nitrogens with one attached hydrogen (secondary N) is 1. The summed E-state index contributed by atoms with van der Waals surface area (Å²) in [7, 11) is 2.03. The number of nitrogens with zero attached hydrogens (tertiary/aromatic N) is 3. The van der Waals surface area contributed by atoms with Gasteiger partial charge < -0.3 is 34.9 Å². The molecule has 0 aliphatic carbocycles. The number of aryl methyl sites for hydroxylation is 2.